The Labute approximate surface area is 128 Å². The molecule has 0 N–H and O–H groups in total. The molecule has 0 saturated carbocycles. The first-order valence-electron chi connectivity index (χ1n) is 7.24. The molecule has 3 heterocycles. The summed E-state index contributed by atoms with van der Waals surface area (Å²) in [6.45, 7) is 6.37. The third kappa shape index (κ3) is 2.60. The van der Waals surface area contributed by atoms with Crippen LogP contribution in [-0.4, -0.2) is 27.5 Å². The van der Waals surface area contributed by atoms with Crippen LogP contribution in [0.4, 0.5) is 0 Å². The van der Waals surface area contributed by atoms with E-state index in [1.807, 2.05) is 24.1 Å². The molecular formula is C15H19N3O2S. The molecule has 0 aliphatic carbocycles. The Morgan fingerprint density at radius 2 is 2.19 bits per heavy atom. The predicted molar refractivity (Wildman–Crippen MR) is 80.5 cm³/mol. The normalized spacial score (nSPS) is 19.0. The first-order chi connectivity index (χ1) is 10.1. The van der Waals surface area contributed by atoms with Crippen LogP contribution < -0.4 is 0 Å². The first-order valence-corrected chi connectivity index (χ1v) is 8.11. The number of hydrogen-bond donors (Lipinski definition) is 0. The van der Waals surface area contributed by atoms with Gasteiger partial charge in [0.25, 0.3) is 5.91 Å². The van der Waals surface area contributed by atoms with E-state index < -0.39 is 0 Å². The van der Waals surface area contributed by atoms with Crippen molar-refractivity contribution in [1.82, 2.24) is 15.0 Å². The minimum absolute atomic E-state index is 0.0174. The van der Waals surface area contributed by atoms with E-state index in [2.05, 4.69) is 10.1 Å². The number of piperidine rings is 1. The zero-order valence-corrected chi connectivity index (χ0v) is 13.4. The van der Waals surface area contributed by atoms with E-state index in [1.165, 1.54) is 0 Å². The first kappa shape index (κ1) is 14.3. The Morgan fingerprint density at radius 1 is 1.38 bits per heavy atom. The van der Waals surface area contributed by atoms with Gasteiger partial charge in [0, 0.05) is 17.6 Å². The maximum atomic E-state index is 12.9. The van der Waals surface area contributed by atoms with Crippen LogP contribution in [0.3, 0.4) is 0 Å². The summed E-state index contributed by atoms with van der Waals surface area (Å²) in [5, 5.41) is 6.98. The Balaban J connectivity index is 1.93. The summed E-state index contributed by atoms with van der Waals surface area (Å²) in [6, 6.07) is 0.0821. The molecule has 0 radical (unpaired) electrons. The van der Waals surface area contributed by atoms with Gasteiger partial charge in [-0.3, -0.25) is 4.79 Å². The average molecular weight is 305 g/mol. The molecule has 0 spiro atoms. The lowest BCUT2D eigenvalue weighted by Gasteiger charge is -2.34. The van der Waals surface area contributed by atoms with Gasteiger partial charge in [0.2, 0.25) is 0 Å². The highest BCUT2D eigenvalue weighted by Crippen LogP contribution is 2.34. The second-order valence-corrected chi connectivity index (χ2v) is 6.43. The number of thiazole rings is 1. The molecule has 1 fully saturated rings. The van der Waals surface area contributed by atoms with Crippen molar-refractivity contribution in [3.8, 4) is 0 Å². The summed E-state index contributed by atoms with van der Waals surface area (Å²) in [5.74, 6) is 0.612. The molecule has 2 aromatic rings. The SMILES string of the molecule is Cc1csc([C@@H]2CCCCN2C(=O)c2c(C)noc2C)n1. The van der Waals surface area contributed by atoms with Crippen LogP contribution in [0.5, 0.6) is 0 Å². The van der Waals surface area contributed by atoms with Gasteiger partial charge in [-0.25, -0.2) is 4.98 Å². The van der Waals surface area contributed by atoms with Crippen molar-refractivity contribution in [2.24, 2.45) is 0 Å². The molecule has 0 bridgehead atoms. The highest BCUT2D eigenvalue weighted by molar-refractivity contribution is 7.09. The Morgan fingerprint density at radius 3 is 2.81 bits per heavy atom. The highest BCUT2D eigenvalue weighted by atomic mass is 32.1. The van der Waals surface area contributed by atoms with Gasteiger partial charge in [-0.2, -0.15) is 0 Å². The third-order valence-electron chi connectivity index (χ3n) is 3.93. The van der Waals surface area contributed by atoms with Crippen molar-refractivity contribution in [2.45, 2.75) is 46.1 Å². The maximum absolute atomic E-state index is 12.9. The molecule has 21 heavy (non-hydrogen) atoms. The quantitative estimate of drug-likeness (QED) is 0.853. The molecule has 1 aliphatic rings. The fraction of sp³-hybridized carbons (Fsp3) is 0.533. The van der Waals surface area contributed by atoms with Crippen LogP contribution in [0, 0.1) is 20.8 Å². The summed E-state index contributed by atoms with van der Waals surface area (Å²) in [5.41, 5.74) is 2.29. The van der Waals surface area contributed by atoms with Gasteiger partial charge in [0.05, 0.1) is 11.7 Å². The van der Waals surface area contributed by atoms with Crippen LogP contribution in [0.15, 0.2) is 9.90 Å². The van der Waals surface area contributed by atoms with E-state index in [4.69, 9.17) is 4.52 Å². The van der Waals surface area contributed by atoms with E-state index in [9.17, 15) is 4.79 Å². The molecule has 112 valence electrons. The fourth-order valence-electron chi connectivity index (χ4n) is 2.89. The summed E-state index contributed by atoms with van der Waals surface area (Å²) in [4.78, 5) is 19.4. The summed E-state index contributed by atoms with van der Waals surface area (Å²) in [6.07, 6.45) is 3.15. The van der Waals surface area contributed by atoms with Gasteiger partial charge >= 0.3 is 0 Å². The number of hydrogen-bond acceptors (Lipinski definition) is 5. The lowest BCUT2D eigenvalue weighted by atomic mass is 10.0. The monoisotopic (exact) mass is 305 g/mol. The van der Waals surface area contributed by atoms with Crippen LogP contribution >= 0.6 is 11.3 Å². The summed E-state index contributed by atoms with van der Waals surface area (Å²) >= 11 is 1.64. The molecule has 3 rings (SSSR count). The van der Waals surface area contributed by atoms with Crippen LogP contribution in [0.2, 0.25) is 0 Å². The van der Waals surface area contributed by atoms with Gasteiger partial charge in [0.1, 0.15) is 16.3 Å². The summed E-state index contributed by atoms with van der Waals surface area (Å²) in [7, 11) is 0. The van der Waals surface area contributed by atoms with Crippen LogP contribution in [0.1, 0.15) is 57.8 Å². The number of carbonyl (C=O) groups excluding carboxylic acids is 1. The smallest absolute Gasteiger partial charge is 0.259 e. The fourth-order valence-corrected chi connectivity index (χ4v) is 3.83. The molecule has 1 amide bonds. The maximum Gasteiger partial charge on any atom is 0.259 e. The largest absolute Gasteiger partial charge is 0.361 e. The predicted octanol–water partition coefficient (Wildman–Crippen LogP) is 3.42. The van der Waals surface area contributed by atoms with E-state index in [1.54, 1.807) is 18.3 Å². The van der Waals surface area contributed by atoms with E-state index in [0.717, 1.165) is 36.5 Å². The number of carbonyl (C=O) groups is 1. The van der Waals surface area contributed by atoms with Gasteiger partial charge < -0.3 is 9.42 Å². The molecule has 2 aromatic heterocycles. The molecule has 0 unspecified atom stereocenters. The highest BCUT2D eigenvalue weighted by Gasteiger charge is 2.33. The number of amides is 1. The second-order valence-electron chi connectivity index (χ2n) is 5.54. The van der Waals surface area contributed by atoms with Crippen molar-refractivity contribution < 1.29 is 9.32 Å². The van der Waals surface area contributed by atoms with Gasteiger partial charge in [-0.1, -0.05) is 5.16 Å². The standard InChI is InChI=1S/C15H19N3O2S/c1-9-8-21-14(16-9)12-6-4-5-7-18(12)15(19)13-10(2)17-20-11(13)3/h8,12H,4-7H2,1-3H3/t12-/m0/s1. The van der Waals surface area contributed by atoms with Crippen molar-refractivity contribution >= 4 is 17.2 Å². The number of rotatable bonds is 2. The zero-order valence-electron chi connectivity index (χ0n) is 12.5. The number of aryl methyl sites for hydroxylation is 3. The van der Waals surface area contributed by atoms with Crippen molar-refractivity contribution in [1.29, 1.82) is 0 Å². The topological polar surface area (TPSA) is 59.2 Å². The second kappa shape index (κ2) is 5.60. The van der Waals surface area contributed by atoms with Gasteiger partial charge in [-0.05, 0) is 40.0 Å². The van der Waals surface area contributed by atoms with Crippen LogP contribution in [-0.2, 0) is 0 Å². The average Bonchev–Trinajstić information content (AvgIpc) is 3.05. The number of likely N-dealkylation sites (tertiary alicyclic amines) is 1. The summed E-state index contributed by atoms with van der Waals surface area (Å²) < 4.78 is 5.14. The third-order valence-corrected chi connectivity index (χ3v) is 5.00. The lowest BCUT2D eigenvalue weighted by Crippen LogP contribution is -2.38. The minimum Gasteiger partial charge on any atom is -0.361 e. The van der Waals surface area contributed by atoms with E-state index in [-0.39, 0.29) is 11.9 Å². The van der Waals surface area contributed by atoms with Gasteiger partial charge in [0.15, 0.2) is 0 Å². The number of nitrogens with zero attached hydrogens (tertiary/aromatic N) is 3. The van der Waals surface area contributed by atoms with E-state index >= 15 is 0 Å². The zero-order chi connectivity index (χ0) is 15.0. The van der Waals surface area contributed by atoms with Crippen molar-refractivity contribution in [3.63, 3.8) is 0 Å². The van der Waals surface area contributed by atoms with E-state index in [0.29, 0.717) is 17.0 Å². The van der Waals surface area contributed by atoms with Crippen molar-refractivity contribution in [2.75, 3.05) is 6.54 Å². The Bertz CT molecular complexity index is 642. The van der Waals surface area contributed by atoms with Crippen LogP contribution in [0.25, 0.3) is 0 Å². The molecule has 1 atom stereocenters. The van der Waals surface area contributed by atoms with Gasteiger partial charge in [-0.15, -0.1) is 11.3 Å². The minimum atomic E-state index is 0.0174. The molecule has 0 aromatic carbocycles. The number of aromatic nitrogens is 2. The molecule has 1 saturated heterocycles. The lowest BCUT2D eigenvalue weighted by molar-refractivity contribution is 0.0608. The molecule has 5 nitrogen and oxygen atoms in total. The molecule has 1 aliphatic heterocycles. The van der Waals surface area contributed by atoms with Crippen molar-refractivity contribution in [3.05, 3.63) is 33.1 Å². The molecular weight excluding hydrogens is 286 g/mol. The Hall–Kier alpha value is -1.69. The Kier molecular flexibility index (Phi) is 3.80. The molecule has 6 heteroatoms.